The average molecular weight is 299 g/mol. The summed E-state index contributed by atoms with van der Waals surface area (Å²) in [5.74, 6) is 0. The quantitative estimate of drug-likeness (QED) is 0.885. The van der Waals surface area contributed by atoms with E-state index in [9.17, 15) is 9.59 Å². The number of aromatic nitrogens is 1. The van der Waals surface area contributed by atoms with Gasteiger partial charge in [-0.2, -0.15) is 0 Å². The Labute approximate surface area is 127 Å². The fourth-order valence-electron chi connectivity index (χ4n) is 2.27. The summed E-state index contributed by atoms with van der Waals surface area (Å²) in [6.07, 6.45) is 1.45. The number of H-pyrrole nitrogens is 1. The van der Waals surface area contributed by atoms with Crippen molar-refractivity contribution >= 4 is 11.8 Å². The molecule has 2 aromatic rings. The number of pyridine rings is 1. The highest BCUT2D eigenvalue weighted by molar-refractivity contribution is 5.69. The third-order valence-corrected chi connectivity index (χ3v) is 3.52. The zero-order chi connectivity index (χ0) is 15.4. The minimum absolute atomic E-state index is 0.103. The first-order chi connectivity index (χ1) is 10.7. The second kappa shape index (κ2) is 6.34. The third kappa shape index (κ3) is 3.46. The van der Waals surface area contributed by atoms with Crippen LogP contribution in [-0.4, -0.2) is 29.1 Å². The SMILES string of the molecule is O=C1OCCN1Cc1ccc(NCc2ccc(=O)[nH]c2)cc1. The van der Waals surface area contributed by atoms with Gasteiger partial charge in [-0.25, -0.2) is 4.79 Å². The number of amides is 1. The molecule has 1 aliphatic rings. The Kier molecular flexibility index (Phi) is 4.09. The van der Waals surface area contributed by atoms with Gasteiger partial charge in [0.05, 0.1) is 6.54 Å². The average Bonchev–Trinajstić information content (AvgIpc) is 2.93. The lowest BCUT2D eigenvalue weighted by molar-refractivity contribution is 0.157. The van der Waals surface area contributed by atoms with E-state index in [2.05, 4.69) is 10.3 Å². The maximum absolute atomic E-state index is 11.4. The van der Waals surface area contributed by atoms with Gasteiger partial charge in [0.1, 0.15) is 6.61 Å². The van der Waals surface area contributed by atoms with E-state index in [0.717, 1.165) is 16.8 Å². The smallest absolute Gasteiger partial charge is 0.410 e. The van der Waals surface area contributed by atoms with Crippen LogP contribution in [0, 0.1) is 0 Å². The third-order valence-electron chi connectivity index (χ3n) is 3.52. The van der Waals surface area contributed by atoms with Gasteiger partial charge in [-0.3, -0.25) is 4.79 Å². The maximum atomic E-state index is 11.4. The van der Waals surface area contributed by atoms with Crippen LogP contribution in [0.1, 0.15) is 11.1 Å². The molecule has 1 aromatic carbocycles. The van der Waals surface area contributed by atoms with Gasteiger partial charge in [-0.05, 0) is 23.3 Å². The van der Waals surface area contributed by atoms with Crippen molar-refractivity contribution in [2.24, 2.45) is 0 Å². The molecule has 0 spiro atoms. The molecule has 6 heteroatoms. The zero-order valence-electron chi connectivity index (χ0n) is 12.0. The molecule has 0 radical (unpaired) electrons. The summed E-state index contributed by atoms with van der Waals surface area (Å²) in [5, 5.41) is 3.28. The summed E-state index contributed by atoms with van der Waals surface area (Å²) < 4.78 is 4.91. The van der Waals surface area contributed by atoms with Gasteiger partial charge >= 0.3 is 6.09 Å². The minimum atomic E-state index is -0.250. The fourth-order valence-corrected chi connectivity index (χ4v) is 2.27. The number of aromatic amines is 1. The predicted octanol–water partition coefficient (Wildman–Crippen LogP) is 1.94. The predicted molar refractivity (Wildman–Crippen MR) is 82.6 cm³/mol. The highest BCUT2D eigenvalue weighted by atomic mass is 16.6. The van der Waals surface area contributed by atoms with Gasteiger partial charge in [0.25, 0.3) is 0 Å². The number of anilines is 1. The van der Waals surface area contributed by atoms with Gasteiger partial charge in [-0.1, -0.05) is 18.2 Å². The molecule has 0 bridgehead atoms. The van der Waals surface area contributed by atoms with Crippen LogP contribution in [0.25, 0.3) is 0 Å². The normalized spacial score (nSPS) is 14.0. The summed E-state index contributed by atoms with van der Waals surface area (Å²) in [6.45, 7) is 2.32. The Hall–Kier alpha value is -2.76. The highest BCUT2D eigenvalue weighted by Gasteiger charge is 2.21. The van der Waals surface area contributed by atoms with Crippen LogP contribution in [0.2, 0.25) is 0 Å². The molecular weight excluding hydrogens is 282 g/mol. The summed E-state index contributed by atoms with van der Waals surface area (Å²) in [7, 11) is 0. The topological polar surface area (TPSA) is 74.4 Å². The number of nitrogens with zero attached hydrogens (tertiary/aromatic N) is 1. The molecule has 1 aliphatic heterocycles. The van der Waals surface area contributed by atoms with Crippen molar-refractivity contribution in [1.29, 1.82) is 0 Å². The van der Waals surface area contributed by atoms with Gasteiger partial charge < -0.3 is 19.9 Å². The number of carbonyl (C=O) groups excluding carboxylic acids is 1. The van der Waals surface area contributed by atoms with Crippen molar-refractivity contribution in [3.8, 4) is 0 Å². The maximum Gasteiger partial charge on any atom is 0.410 e. The lowest BCUT2D eigenvalue weighted by atomic mass is 10.2. The van der Waals surface area contributed by atoms with Crippen molar-refractivity contribution < 1.29 is 9.53 Å². The van der Waals surface area contributed by atoms with E-state index in [4.69, 9.17) is 4.74 Å². The number of carbonyl (C=O) groups is 1. The molecule has 0 saturated carbocycles. The van der Waals surface area contributed by atoms with E-state index < -0.39 is 0 Å². The molecule has 2 N–H and O–H groups in total. The number of hydrogen-bond acceptors (Lipinski definition) is 4. The molecular formula is C16H17N3O3. The monoisotopic (exact) mass is 299 g/mol. The molecule has 3 rings (SSSR count). The van der Waals surface area contributed by atoms with Crippen molar-refractivity contribution in [3.63, 3.8) is 0 Å². The number of rotatable bonds is 5. The molecule has 0 aliphatic carbocycles. The van der Waals surface area contributed by atoms with Gasteiger partial charge in [0.2, 0.25) is 5.56 Å². The number of benzene rings is 1. The van der Waals surface area contributed by atoms with Gasteiger partial charge in [-0.15, -0.1) is 0 Å². The Balaban J connectivity index is 1.56. The molecule has 114 valence electrons. The first kappa shape index (κ1) is 14.2. The Morgan fingerprint density at radius 1 is 1.09 bits per heavy atom. The van der Waals surface area contributed by atoms with Gasteiger partial charge in [0, 0.05) is 31.0 Å². The summed E-state index contributed by atoms with van der Waals surface area (Å²) in [4.78, 5) is 26.7. The minimum Gasteiger partial charge on any atom is -0.448 e. The highest BCUT2D eigenvalue weighted by Crippen LogP contribution is 2.14. The van der Waals surface area contributed by atoms with E-state index in [1.165, 1.54) is 6.07 Å². The van der Waals surface area contributed by atoms with Crippen molar-refractivity contribution in [3.05, 3.63) is 64.1 Å². The van der Waals surface area contributed by atoms with Crippen molar-refractivity contribution in [2.75, 3.05) is 18.5 Å². The second-order valence-electron chi connectivity index (χ2n) is 5.15. The van der Waals surface area contributed by atoms with Crippen LogP contribution in [0.15, 0.2) is 47.4 Å². The largest absolute Gasteiger partial charge is 0.448 e. The number of ether oxygens (including phenoxy) is 1. The van der Waals surface area contributed by atoms with E-state index in [0.29, 0.717) is 26.2 Å². The van der Waals surface area contributed by atoms with Crippen LogP contribution in [-0.2, 0) is 17.8 Å². The summed E-state index contributed by atoms with van der Waals surface area (Å²) in [5.41, 5.74) is 2.95. The van der Waals surface area contributed by atoms with Crippen molar-refractivity contribution in [1.82, 2.24) is 9.88 Å². The second-order valence-corrected chi connectivity index (χ2v) is 5.15. The zero-order valence-corrected chi connectivity index (χ0v) is 12.0. The Bertz CT molecular complexity index is 689. The molecule has 1 aromatic heterocycles. The Morgan fingerprint density at radius 3 is 2.50 bits per heavy atom. The number of cyclic esters (lactones) is 1. The molecule has 6 nitrogen and oxygen atoms in total. The molecule has 0 unspecified atom stereocenters. The fraction of sp³-hybridized carbons (Fsp3) is 0.250. The van der Waals surface area contributed by atoms with Crippen LogP contribution in [0.4, 0.5) is 10.5 Å². The molecule has 2 heterocycles. The molecule has 1 saturated heterocycles. The van der Waals surface area contributed by atoms with Crippen LogP contribution < -0.4 is 10.9 Å². The molecule has 0 atom stereocenters. The van der Waals surface area contributed by atoms with E-state index in [1.807, 2.05) is 24.3 Å². The molecule has 1 fully saturated rings. The van der Waals surface area contributed by atoms with E-state index in [1.54, 1.807) is 17.2 Å². The van der Waals surface area contributed by atoms with Crippen LogP contribution in [0.3, 0.4) is 0 Å². The standard InChI is InChI=1S/C16H17N3O3/c20-15-6-3-13(10-18-15)9-17-14-4-1-12(2-5-14)11-19-7-8-22-16(19)21/h1-6,10,17H,7-9,11H2,(H,18,20). The first-order valence-corrected chi connectivity index (χ1v) is 7.13. The van der Waals surface area contributed by atoms with E-state index >= 15 is 0 Å². The van der Waals surface area contributed by atoms with Crippen molar-refractivity contribution in [2.45, 2.75) is 13.1 Å². The van der Waals surface area contributed by atoms with E-state index in [-0.39, 0.29) is 11.7 Å². The van der Waals surface area contributed by atoms with Gasteiger partial charge in [0.15, 0.2) is 0 Å². The van der Waals surface area contributed by atoms with Crippen LogP contribution in [0.5, 0.6) is 0 Å². The number of nitrogens with one attached hydrogen (secondary N) is 2. The lowest BCUT2D eigenvalue weighted by Gasteiger charge is -2.13. The summed E-state index contributed by atoms with van der Waals surface area (Å²) in [6, 6.07) is 11.2. The summed E-state index contributed by atoms with van der Waals surface area (Å²) >= 11 is 0. The lowest BCUT2D eigenvalue weighted by Crippen LogP contribution is -2.23. The molecule has 22 heavy (non-hydrogen) atoms. The van der Waals surface area contributed by atoms with Crippen LogP contribution >= 0.6 is 0 Å². The number of hydrogen-bond donors (Lipinski definition) is 2. The molecule has 1 amide bonds. The first-order valence-electron chi connectivity index (χ1n) is 7.13. The Morgan fingerprint density at radius 2 is 1.86 bits per heavy atom.